The fraction of sp³-hybridized carbons (Fsp3) is 0.462. The highest BCUT2D eigenvalue weighted by Gasteiger charge is 2.63. The minimum atomic E-state index is -3.68. The van der Waals surface area contributed by atoms with E-state index in [1.807, 2.05) is 13.8 Å². The first-order chi connectivity index (χ1) is 8.69. The number of primary sulfonamides is 1. The van der Waals surface area contributed by atoms with Crippen molar-refractivity contribution in [3.05, 3.63) is 29.8 Å². The molecule has 2 atom stereocenters. The molecular formula is C13H17NO4S. The van der Waals surface area contributed by atoms with Gasteiger partial charge in [-0.15, -0.1) is 0 Å². The number of nitrogens with two attached hydrogens (primary N) is 1. The van der Waals surface area contributed by atoms with Gasteiger partial charge in [-0.25, -0.2) is 13.6 Å². The number of esters is 1. The van der Waals surface area contributed by atoms with Gasteiger partial charge in [0.15, 0.2) is 0 Å². The summed E-state index contributed by atoms with van der Waals surface area (Å²) in [6.07, 6.45) is 0. The third-order valence-electron chi connectivity index (χ3n) is 3.85. The number of carbonyl (C=O) groups is 1. The summed E-state index contributed by atoms with van der Waals surface area (Å²) in [5, 5.41) is 5.05. The van der Waals surface area contributed by atoms with E-state index in [9.17, 15) is 13.2 Å². The third kappa shape index (κ3) is 2.37. The van der Waals surface area contributed by atoms with E-state index in [-0.39, 0.29) is 28.1 Å². The highest BCUT2D eigenvalue weighted by molar-refractivity contribution is 7.89. The van der Waals surface area contributed by atoms with Gasteiger partial charge < -0.3 is 4.74 Å². The Morgan fingerprint density at radius 2 is 1.79 bits per heavy atom. The van der Waals surface area contributed by atoms with Crippen molar-refractivity contribution in [2.45, 2.75) is 24.7 Å². The molecule has 0 spiro atoms. The molecule has 5 nitrogen and oxygen atoms in total. The Morgan fingerprint density at radius 1 is 1.26 bits per heavy atom. The lowest BCUT2D eigenvalue weighted by molar-refractivity contribution is -0.143. The van der Waals surface area contributed by atoms with Crippen molar-refractivity contribution in [1.82, 2.24) is 0 Å². The molecule has 2 rings (SSSR count). The molecule has 104 valence electrons. The van der Waals surface area contributed by atoms with Crippen molar-refractivity contribution in [1.29, 1.82) is 0 Å². The minimum absolute atomic E-state index is 0.0504. The molecular weight excluding hydrogens is 266 g/mol. The largest absolute Gasteiger partial charge is 0.469 e. The second-order valence-electron chi connectivity index (χ2n) is 5.41. The third-order valence-corrected chi connectivity index (χ3v) is 4.78. The number of sulfonamides is 1. The van der Waals surface area contributed by atoms with Crippen molar-refractivity contribution in [3.8, 4) is 0 Å². The molecule has 2 N–H and O–H groups in total. The summed E-state index contributed by atoms with van der Waals surface area (Å²) in [6.45, 7) is 3.99. The Bertz CT molecular complexity index is 604. The van der Waals surface area contributed by atoms with Gasteiger partial charge >= 0.3 is 5.97 Å². The van der Waals surface area contributed by atoms with Crippen LogP contribution < -0.4 is 5.14 Å². The van der Waals surface area contributed by atoms with Gasteiger partial charge in [-0.2, -0.15) is 0 Å². The van der Waals surface area contributed by atoms with Gasteiger partial charge in [-0.1, -0.05) is 26.0 Å². The monoisotopic (exact) mass is 283 g/mol. The van der Waals surface area contributed by atoms with Crippen LogP contribution in [-0.4, -0.2) is 21.5 Å². The molecule has 0 amide bonds. The lowest BCUT2D eigenvalue weighted by Crippen LogP contribution is -2.11. The van der Waals surface area contributed by atoms with E-state index < -0.39 is 10.0 Å². The van der Waals surface area contributed by atoms with Gasteiger partial charge in [0.25, 0.3) is 0 Å². The highest BCUT2D eigenvalue weighted by atomic mass is 32.2. The summed E-state index contributed by atoms with van der Waals surface area (Å²) in [4.78, 5) is 11.7. The average Bonchev–Trinajstić information content (AvgIpc) is 2.90. The Hall–Kier alpha value is -1.40. The van der Waals surface area contributed by atoms with Crippen LogP contribution in [0.25, 0.3) is 0 Å². The van der Waals surface area contributed by atoms with E-state index >= 15 is 0 Å². The quantitative estimate of drug-likeness (QED) is 0.846. The van der Waals surface area contributed by atoms with Crippen LogP contribution in [0.5, 0.6) is 0 Å². The molecule has 0 heterocycles. The van der Waals surface area contributed by atoms with Crippen molar-refractivity contribution in [2.24, 2.45) is 16.5 Å². The number of benzene rings is 1. The van der Waals surface area contributed by atoms with Crippen LogP contribution >= 0.6 is 0 Å². The first-order valence-corrected chi connectivity index (χ1v) is 7.45. The zero-order chi connectivity index (χ0) is 14.4. The molecule has 1 aromatic carbocycles. The van der Waals surface area contributed by atoms with Gasteiger partial charge in [-0.3, -0.25) is 4.79 Å². The van der Waals surface area contributed by atoms with Crippen LogP contribution in [0.4, 0.5) is 0 Å². The fourth-order valence-electron chi connectivity index (χ4n) is 2.69. The average molecular weight is 283 g/mol. The number of methoxy groups -OCH3 is 1. The molecule has 0 radical (unpaired) electrons. The zero-order valence-electron chi connectivity index (χ0n) is 11.1. The molecule has 0 saturated heterocycles. The summed E-state index contributed by atoms with van der Waals surface area (Å²) in [6, 6.07) is 6.34. The lowest BCUT2D eigenvalue weighted by atomic mass is 10.0. The topological polar surface area (TPSA) is 86.5 Å². The lowest BCUT2D eigenvalue weighted by Gasteiger charge is -2.04. The molecule has 1 aliphatic carbocycles. The second kappa shape index (κ2) is 4.31. The minimum Gasteiger partial charge on any atom is -0.469 e. The number of ether oxygens (including phenoxy) is 1. The van der Waals surface area contributed by atoms with E-state index in [4.69, 9.17) is 9.88 Å². The predicted octanol–water partition coefficient (Wildman–Crippen LogP) is 1.25. The number of rotatable bonds is 3. The first-order valence-electron chi connectivity index (χ1n) is 5.90. The van der Waals surface area contributed by atoms with Gasteiger partial charge in [-0.05, 0) is 23.1 Å². The summed E-state index contributed by atoms with van der Waals surface area (Å²) < 4.78 is 27.1. The van der Waals surface area contributed by atoms with Crippen molar-refractivity contribution < 1.29 is 17.9 Å². The molecule has 1 fully saturated rings. The SMILES string of the molecule is COC(=O)[C@H]1[C@H](c2ccc(S(N)(=O)=O)cc2)C1(C)C. The van der Waals surface area contributed by atoms with Crippen LogP contribution in [0.2, 0.25) is 0 Å². The van der Waals surface area contributed by atoms with Crippen molar-refractivity contribution in [2.75, 3.05) is 7.11 Å². The Labute approximate surface area is 112 Å². The molecule has 1 aromatic rings. The zero-order valence-corrected chi connectivity index (χ0v) is 11.9. The normalized spacial score (nSPS) is 24.8. The summed E-state index contributed by atoms with van der Waals surface area (Å²) >= 11 is 0. The van der Waals surface area contributed by atoms with Crippen LogP contribution in [0.1, 0.15) is 25.3 Å². The maximum atomic E-state index is 11.7. The molecule has 0 aromatic heterocycles. The molecule has 0 bridgehead atoms. The van der Waals surface area contributed by atoms with Gasteiger partial charge in [0.2, 0.25) is 10.0 Å². The van der Waals surface area contributed by atoms with Crippen molar-refractivity contribution >= 4 is 16.0 Å². The van der Waals surface area contributed by atoms with Gasteiger partial charge in [0.1, 0.15) is 0 Å². The molecule has 6 heteroatoms. The van der Waals surface area contributed by atoms with Crippen LogP contribution in [-0.2, 0) is 19.6 Å². The Balaban J connectivity index is 2.28. The first kappa shape index (κ1) is 14.0. The van der Waals surface area contributed by atoms with Crippen LogP contribution in [0.3, 0.4) is 0 Å². The maximum Gasteiger partial charge on any atom is 0.309 e. The standard InChI is InChI=1S/C13H17NO4S/c1-13(2)10(11(13)12(15)18-3)8-4-6-9(7-5-8)19(14,16)17/h4-7,10-11H,1-3H3,(H2,14,16,17)/t10-,11+/m0/s1. The number of carbonyl (C=O) groups excluding carboxylic acids is 1. The summed E-state index contributed by atoms with van der Waals surface area (Å²) in [7, 11) is -2.31. The summed E-state index contributed by atoms with van der Waals surface area (Å²) in [5.41, 5.74) is 0.753. The van der Waals surface area contributed by atoms with E-state index in [0.717, 1.165) is 5.56 Å². The van der Waals surface area contributed by atoms with E-state index in [1.54, 1.807) is 12.1 Å². The second-order valence-corrected chi connectivity index (χ2v) is 6.98. The number of hydrogen-bond donors (Lipinski definition) is 1. The fourth-order valence-corrected chi connectivity index (χ4v) is 3.21. The van der Waals surface area contributed by atoms with Crippen molar-refractivity contribution in [3.63, 3.8) is 0 Å². The highest BCUT2D eigenvalue weighted by Crippen LogP contribution is 2.64. The predicted molar refractivity (Wildman–Crippen MR) is 69.8 cm³/mol. The van der Waals surface area contributed by atoms with Gasteiger partial charge in [0, 0.05) is 5.92 Å². The number of hydrogen-bond acceptors (Lipinski definition) is 4. The van der Waals surface area contributed by atoms with E-state index in [1.165, 1.54) is 19.2 Å². The van der Waals surface area contributed by atoms with E-state index in [2.05, 4.69) is 0 Å². The molecule has 0 unspecified atom stereocenters. The molecule has 19 heavy (non-hydrogen) atoms. The molecule has 0 aliphatic heterocycles. The van der Waals surface area contributed by atoms with Crippen LogP contribution in [0, 0.1) is 11.3 Å². The van der Waals surface area contributed by atoms with Gasteiger partial charge in [0.05, 0.1) is 17.9 Å². The summed E-state index contributed by atoms with van der Waals surface area (Å²) in [5.74, 6) is -0.363. The Kier molecular flexibility index (Phi) is 3.18. The van der Waals surface area contributed by atoms with E-state index in [0.29, 0.717) is 0 Å². The smallest absolute Gasteiger partial charge is 0.309 e. The maximum absolute atomic E-state index is 11.7. The van der Waals surface area contributed by atoms with Crippen LogP contribution in [0.15, 0.2) is 29.2 Å². The molecule has 1 aliphatic rings. The molecule has 1 saturated carbocycles. The Morgan fingerprint density at radius 3 is 2.21 bits per heavy atom.